The summed E-state index contributed by atoms with van der Waals surface area (Å²) in [4.78, 5) is 22.4. The van der Waals surface area contributed by atoms with E-state index in [0.717, 1.165) is 55.0 Å². The molecular formula is C25H28Cl2N4O2. The minimum atomic E-state index is -0.734. The molecule has 8 heteroatoms. The van der Waals surface area contributed by atoms with Crippen LogP contribution >= 0.6 is 23.2 Å². The summed E-state index contributed by atoms with van der Waals surface area (Å²) in [5.74, 6) is 1.15. The van der Waals surface area contributed by atoms with Gasteiger partial charge in [0.05, 0.1) is 10.5 Å². The highest BCUT2D eigenvalue weighted by molar-refractivity contribution is 6.35. The van der Waals surface area contributed by atoms with Gasteiger partial charge in [0.15, 0.2) is 6.10 Å². The van der Waals surface area contributed by atoms with Crippen LogP contribution < -0.4 is 15.0 Å². The summed E-state index contributed by atoms with van der Waals surface area (Å²) in [6, 6.07) is 12.8. The summed E-state index contributed by atoms with van der Waals surface area (Å²) in [6.45, 7) is 11.1. The maximum Gasteiger partial charge on any atom is 0.265 e. The third-order valence-corrected chi connectivity index (χ3v) is 6.51. The Hall–Kier alpha value is -2.54. The van der Waals surface area contributed by atoms with E-state index in [1.807, 2.05) is 18.2 Å². The number of hydrogen-bond acceptors (Lipinski definition) is 5. The average molecular weight is 487 g/mol. The van der Waals surface area contributed by atoms with Crippen LogP contribution in [0.15, 0.2) is 42.5 Å². The number of halogens is 2. The third-order valence-electron chi connectivity index (χ3n) is 5.98. The van der Waals surface area contributed by atoms with Crippen LogP contribution in [0.3, 0.4) is 0 Å². The van der Waals surface area contributed by atoms with E-state index in [0.29, 0.717) is 21.5 Å². The number of likely N-dealkylation sites (N-methyl/N-ethyl adjacent to an activating group) is 1. The van der Waals surface area contributed by atoms with Gasteiger partial charge < -0.3 is 19.9 Å². The molecule has 4 rings (SSSR count). The molecule has 33 heavy (non-hydrogen) atoms. The Labute approximate surface area is 204 Å². The van der Waals surface area contributed by atoms with Crippen LogP contribution in [0, 0.1) is 6.92 Å². The lowest BCUT2D eigenvalue weighted by molar-refractivity contribution is -0.122. The predicted molar refractivity (Wildman–Crippen MR) is 136 cm³/mol. The molecular weight excluding hydrogens is 459 g/mol. The van der Waals surface area contributed by atoms with E-state index < -0.39 is 6.10 Å². The summed E-state index contributed by atoms with van der Waals surface area (Å²) in [7, 11) is 0. The largest absolute Gasteiger partial charge is 0.479 e. The molecule has 0 bridgehead atoms. The van der Waals surface area contributed by atoms with Crippen LogP contribution in [0.1, 0.15) is 19.4 Å². The molecule has 0 spiro atoms. The van der Waals surface area contributed by atoms with E-state index in [-0.39, 0.29) is 5.91 Å². The molecule has 1 aromatic heterocycles. The second-order valence-corrected chi connectivity index (χ2v) is 9.12. The van der Waals surface area contributed by atoms with Crippen molar-refractivity contribution in [2.75, 3.05) is 42.9 Å². The smallest absolute Gasteiger partial charge is 0.265 e. The van der Waals surface area contributed by atoms with Gasteiger partial charge in [-0.3, -0.25) is 4.79 Å². The molecule has 0 saturated carbocycles. The number of benzene rings is 2. The van der Waals surface area contributed by atoms with Crippen molar-refractivity contribution in [2.45, 2.75) is 26.9 Å². The van der Waals surface area contributed by atoms with E-state index >= 15 is 0 Å². The van der Waals surface area contributed by atoms with Gasteiger partial charge in [-0.05, 0) is 68.4 Å². The van der Waals surface area contributed by atoms with E-state index in [9.17, 15) is 4.79 Å². The van der Waals surface area contributed by atoms with Crippen molar-refractivity contribution in [2.24, 2.45) is 0 Å². The molecule has 1 N–H and O–H groups in total. The first-order chi connectivity index (χ1) is 15.8. The van der Waals surface area contributed by atoms with Crippen molar-refractivity contribution in [1.82, 2.24) is 9.88 Å². The van der Waals surface area contributed by atoms with E-state index in [1.165, 1.54) is 0 Å². The van der Waals surface area contributed by atoms with Gasteiger partial charge in [0, 0.05) is 42.3 Å². The first-order valence-corrected chi connectivity index (χ1v) is 11.9. The maximum absolute atomic E-state index is 12.7. The molecule has 1 atom stereocenters. The SMILES string of the molecule is CCN1CCN(c2cc(C)c3cc(NC(=O)C(C)Oc4ccc(Cl)cc4Cl)ccc3n2)CC1. The number of rotatable bonds is 6. The lowest BCUT2D eigenvalue weighted by atomic mass is 10.1. The number of amides is 1. The summed E-state index contributed by atoms with van der Waals surface area (Å²) < 4.78 is 5.72. The Balaban J connectivity index is 1.46. The highest BCUT2D eigenvalue weighted by atomic mass is 35.5. The molecule has 1 saturated heterocycles. The van der Waals surface area contributed by atoms with Crippen molar-refractivity contribution in [3.05, 3.63) is 58.1 Å². The highest BCUT2D eigenvalue weighted by Crippen LogP contribution is 2.29. The number of ether oxygens (including phenoxy) is 1. The molecule has 1 aliphatic heterocycles. The topological polar surface area (TPSA) is 57.7 Å². The Kier molecular flexibility index (Phi) is 7.27. The molecule has 0 aliphatic carbocycles. The molecule has 2 aromatic carbocycles. The maximum atomic E-state index is 12.7. The van der Waals surface area contributed by atoms with Crippen LogP contribution in [0.5, 0.6) is 5.75 Å². The van der Waals surface area contributed by atoms with Gasteiger partial charge in [-0.15, -0.1) is 0 Å². The van der Waals surface area contributed by atoms with Gasteiger partial charge >= 0.3 is 0 Å². The van der Waals surface area contributed by atoms with Crippen LogP contribution in [-0.2, 0) is 4.79 Å². The number of anilines is 2. The number of hydrogen-bond donors (Lipinski definition) is 1. The molecule has 2 heterocycles. The van der Waals surface area contributed by atoms with Gasteiger partial charge in [0.25, 0.3) is 5.91 Å². The Morgan fingerprint density at radius 2 is 1.88 bits per heavy atom. The lowest BCUT2D eigenvalue weighted by Gasteiger charge is -2.35. The summed E-state index contributed by atoms with van der Waals surface area (Å²) >= 11 is 12.1. The number of nitrogens with one attached hydrogen (secondary N) is 1. The van der Waals surface area contributed by atoms with Crippen molar-refractivity contribution in [3.8, 4) is 5.75 Å². The van der Waals surface area contributed by atoms with Gasteiger partial charge in [-0.25, -0.2) is 4.98 Å². The summed E-state index contributed by atoms with van der Waals surface area (Å²) in [5.41, 5.74) is 2.73. The van der Waals surface area contributed by atoms with E-state index in [2.05, 4.69) is 35.0 Å². The fourth-order valence-electron chi connectivity index (χ4n) is 3.97. The first-order valence-electron chi connectivity index (χ1n) is 11.2. The number of aryl methyl sites for hydroxylation is 1. The number of aromatic nitrogens is 1. The fourth-order valence-corrected chi connectivity index (χ4v) is 4.42. The minimum absolute atomic E-state index is 0.267. The fraction of sp³-hybridized carbons (Fsp3) is 0.360. The Morgan fingerprint density at radius 3 is 2.58 bits per heavy atom. The number of carbonyl (C=O) groups excluding carboxylic acids is 1. The molecule has 6 nitrogen and oxygen atoms in total. The molecule has 1 fully saturated rings. The van der Waals surface area contributed by atoms with Gasteiger partial charge in [-0.2, -0.15) is 0 Å². The van der Waals surface area contributed by atoms with Gasteiger partial charge in [0.1, 0.15) is 11.6 Å². The summed E-state index contributed by atoms with van der Waals surface area (Å²) in [5, 5.41) is 4.81. The molecule has 174 valence electrons. The average Bonchev–Trinajstić information content (AvgIpc) is 2.81. The second-order valence-electron chi connectivity index (χ2n) is 8.27. The zero-order chi connectivity index (χ0) is 23.5. The van der Waals surface area contributed by atoms with E-state index in [4.69, 9.17) is 32.9 Å². The van der Waals surface area contributed by atoms with Crippen molar-refractivity contribution in [1.29, 1.82) is 0 Å². The zero-order valence-corrected chi connectivity index (χ0v) is 20.6. The van der Waals surface area contributed by atoms with Crippen molar-refractivity contribution >= 4 is 51.5 Å². The van der Waals surface area contributed by atoms with Crippen LogP contribution in [-0.4, -0.2) is 54.6 Å². The molecule has 1 amide bonds. The number of pyridine rings is 1. The number of carbonyl (C=O) groups is 1. The molecule has 1 aliphatic rings. The Bertz CT molecular complexity index is 1160. The Morgan fingerprint density at radius 1 is 1.12 bits per heavy atom. The quantitative estimate of drug-likeness (QED) is 0.505. The normalized spacial score (nSPS) is 15.5. The monoisotopic (exact) mass is 486 g/mol. The molecule has 1 unspecified atom stereocenters. The lowest BCUT2D eigenvalue weighted by Crippen LogP contribution is -2.46. The first kappa shape index (κ1) is 23.6. The highest BCUT2D eigenvalue weighted by Gasteiger charge is 2.19. The number of fused-ring (bicyclic) bond motifs is 1. The van der Waals surface area contributed by atoms with Crippen molar-refractivity contribution < 1.29 is 9.53 Å². The second kappa shape index (κ2) is 10.2. The number of piperazine rings is 1. The third kappa shape index (κ3) is 5.52. The molecule has 3 aromatic rings. The van der Waals surface area contributed by atoms with Crippen LogP contribution in [0.2, 0.25) is 10.0 Å². The summed E-state index contributed by atoms with van der Waals surface area (Å²) in [6.07, 6.45) is -0.734. The number of nitrogens with zero attached hydrogens (tertiary/aromatic N) is 3. The minimum Gasteiger partial charge on any atom is -0.479 e. The van der Waals surface area contributed by atoms with E-state index in [1.54, 1.807) is 25.1 Å². The van der Waals surface area contributed by atoms with Crippen LogP contribution in [0.4, 0.5) is 11.5 Å². The zero-order valence-electron chi connectivity index (χ0n) is 19.1. The van der Waals surface area contributed by atoms with Crippen molar-refractivity contribution in [3.63, 3.8) is 0 Å². The molecule has 0 radical (unpaired) electrons. The van der Waals surface area contributed by atoms with Crippen LogP contribution in [0.25, 0.3) is 10.9 Å². The van der Waals surface area contributed by atoms with Gasteiger partial charge in [0.2, 0.25) is 0 Å². The predicted octanol–water partition coefficient (Wildman–Crippen LogP) is 5.40. The standard InChI is InChI=1S/C25H28Cl2N4O2/c1-4-30-9-11-31(12-10-30)24-13-16(2)20-15-19(6-7-22(20)29-24)28-25(32)17(3)33-23-8-5-18(26)14-21(23)27/h5-8,13-15,17H,4,9-12H2,1-3H3,(H,28,32). The van der Waals surface area contributed by atoms with Gasteiger partial charge in [-0.1, -0.05) is 30.1 Å².